The number of amides is 1. The Kier molecular flexibility index (Phi) is 3.73. The molecule has 3 heterocycles. The van der Waals surface area contributed by atoms with Crippen LogP contribution in [0.4, 0.5) is 0 Å². The second kappa shape index (κ2) is 5.21. The minimum Gasteiger partial charge on any atom is -0.356 e. The van der Waals surface area contributed by atoms with E-state index in [-0.39, 0.29) is 21.4 Å². The lowest BCUT2D eigenvalue weighted by molar-refractivity contribution is -0.119. The molecular formula is C13H19ClN4O3S. The van der Waals surface area contributed by atoms with Crippen molar-refractivity contribution in [1.29, 1.82) is 0 Å². The number of nitrogens with one attached hydrogen (secondary N) is 1. The van der Waals surface area contributed by atoms with Gasteiger partial charge in [-0.15, -0.1) is 0 Å². The van der Waals surface area contributed by atoms with Crippen molar-refractivity contribution < 1.29 is 13.2 Å². The molecule has 122 valence electrons. The van der Waals surface area contributed by atoms with Gasteiger partial charge in [0.15, 0.2) is 0 Å². The fraction of sp³-hybridized carbons (Fsp3) is 0.692. The third-order valence-electron chi connectivity index (χ3n) is 4.68. The highest BCUT2D eigenvalue weighted by Gasteiger charge is 2.44. The van der Waals surface area contributed by atoms with Gasteiger partial charge in [-0.05, 0) is 25.2 Å². The van der Waals surface area contributed by atoms with Gasteiger partial charge in [-0.1, -0.05) is 11.6 Å². The zero-order chi connectivity index (χ0) is 16.1. The Labute approximate surface area is 134 Å². The SMILES string of the molecule is Cc1nn(C)c(Cl)c1S(=O)(=O)N1CCC2(CC1)CNC(=O)C2. The van der Waals surface area contributed by atoms with Crippen LogP contribution >= 0.6 is 11.6 Å². The van der Waals surface area contributed by atoms with Crippen LogP contribution in [-0.4, -0.2) is 48.0 Å². The van der Waals surface area contributed by atoms with Crippen molar-refractivity contribution in [3.63, 3.8) is 0 Å². The number of aryl methyl sites for hydroxylation is 2. The van der Waals surface area contributed by atoms with E-state index in [2.05, 4.69) is 10.4 Å². The van der Waals surface area contributed by atoms with E-state index < -0.39 is 10.0 Å². The molecule has 1 N–H and O–H groups in total. The molecule has 1 aromatic rings. The predicted molar refractivity (Wildman–Crippen MR) is 81.0 cm³/mol. The van der Waals surface area contributed by atoms with Gasteiger partial charge in [0.25, 0.3) is 0 Å². The number of hydrogen-bond donors (Lipinski definition) is 1. The fourth-order valence-corrected chi connectivity index (χ4v) is 5.49. The molecule has 0 aliphatic carbocycles. The Balaban J connectivity index is 1.82. The van der Waals surface area contributed by atoms with E-state index in [9.17, 15) is 13.2 Å². The van der Waals surface area contributed by atoms with Crippen molar-refractivity contribution in [2.45, 2.75) is 31.1 Å². The van der Waals surface area contributed by atoms with E-state index in [1.807, 2.05) is 0 Å². The maximum absolute atomic E-state index is 12.8. The average molecular weight is 347 g/mol. The average Bonchev–Trinajstić information content (AvgIpc) is 2.91. The number of sulfonamides is 1. The molecule has 0 unspecified atom stereocenters. The molecule has 1 aromatic heterocycles. The van der Waals surface area contributed by atoms with Crippen LogP contribution in [0.2, 0.25) is 5.15 Å². The van der Waals surface area contributed by atoms with Crippen LogP contribution in [0, 0.1) is 12.3 Å². The van der Waals surface area contributed by atoms with E-state index in [4.69, 9.17) is 11.6 Å². The number of hydrogen-bond acceptors (Lipinski definition) is 4. The quantitative estimate of drug-likeness (QED) is 0.853. The zero-order valence-electron chi connectivity index (χ0n) is 12.6. The van der Waals surface area contributed by atoms with Crippen molar-refractivity contribution in [3.8, 4) is 0 Å². The summed E-state index contributed by atoms with van der Waals surface area (Å²) in [5.74, 6) is 0.0578. The summed E-state index contributed by atoms with van der Waals surface area (Å²) in [5.41, 5.74) is 0.321. The van der Waals surface area contributed by atoms with Crippen LogP contribution in [0.15, 0.2) is 4.90 Å². The summed E-state index contributed by atoms with van der Waals surface area (Å²) in [5, 5.41) is 7.06. The van der Waals surface area contributed by atoms with Crippen LogP contribution in [0.25, 0.3) is 0 Å². The topological polar surface area (TPSA) is 84.3 Å². The lowest BCUT2D eigenvalue weighted by Crippen LogP contribution is -2.44. The first-order valence-corrected chi connectivity index (χ1v) is 9.03. The standard InChI is InChI=1S/C13H19ClN4O3S/c1-9-11(12(14)17(2)16-9)22(20,21)18-5-3-13(4-6-18)7-10(19)15-8-13/h3-8H2,1-2H3,(H,15,19). The van der Waals surface area contributed by atoms with Crippen LogP contribution in [0.3, 0.4) is 0 Å². The first-order chi connectivity index (χ1) is 10.3. The van der Waals surface area contributed by atoms with Crippen LogP contribution in [-0.2, 0) is 21.9 Å². The Morgan fingerprint density at radius 2 is 1.95 bits per heavy atom. The normalized spacial score (nSPS) is 22.2. The minimum atomic E-state index is -3.65. The summed E-state index contributed by atoms with van der Waals surface area (Å²) in [7, 11) is -2.03. The van der Waals surface area contributed by atoms with E-state index in [1.165, 1.54) is 8.99 Å². The van der Waals surface area contributed by atoms with Gasteiger partial charge in [0, 0.05) is 33.1 Å². The third-order valence-corrected chi connectivity index (χ3v) is 7.27. The van der Waals surface area contributed by atoms with Crippen molar-refractivity contribution in [3.05, 3.63) is 10.8 Å². The number of piperidine rings is 1. The summed E-state index contributed by atoms with van der Waals surface area (Å²) >= 11 is 6.10. The van der Waals surface area contributed by atoms with Gasteiger partial charge in [0.2, 0.25) is 15.9 Å². The Bertz CT molecular complexity index is 720. The van der Waals surface area contributed by atoms with E-state index in [1.54, 1.807) is 14.0 Å². The number of aromatic nitrogens is 2. The summed E-state index contributed by atoms with van der Waals surface area (Å²) in [6.45, 7) is 3.10. The van der Waals surface area contributed by atoms with Crippen molar-refractivity contribution in [2.75, 3.05) is 19.6 Å². The van der Waals surface area contributed by atoms with E-state index in [0.717, 1.165) is 0 Å². The fourth-order valence-electron chi connectivity index (χ4n) is 3.34. The van der Waals surface area contributed by atoms with Crippen LogP contribution in [0.5, 0.6) is 0 Å². The number of carbonyl (C=O) groups excluding carboxylic acids is 1. The van der Waals surface area contributed by atoms with E-state index in [0.29, 0.717) is 44.6 Å². The first-order valence-electron chi connectivity index (χ1n) is 7.21. The van der Waals surface area contributed by atoms with Gasteiger partial charge in [-0.2, -0.15) is 9.40 Å². The molecule has 22 heavy (non-hydrogen) atoms. The van der Waals surface area contributed by atoms with Gasteiger partial charge in [0.05, 0.1) is 5.69 Å². The summed E-state index contributed by atoms with van der Waals surface area (Å²) in [4.78, 5) is 11.5. The summed E-state index contributed by atoms with van der Waals surface area (Å²) < 4.78 is 28.5. The second-order valence-corrected chi connectivity index (χ2v) is 8.42. The maximum Gasteiger partial charge on any atom is 0.248 e. The molecule has 1 amide bonds. The molecule has 7 nitrogen and oxygen atoms in total. The Hall–Kier alpha value is -1.12. The molecule has 0 atom stereocenters. The first kappa shape index (κ1) is 15.8. The summed E-state index contributed by atoms with van der Waals surface area (Å²) in [6.07, 6.45) is 1.86. The Morgan fingerprint density at radius 1 is 1.32 bits per heavy atom. The molecule has 0 aromatic carbocycles. The van der Waals surface area contributed by atoms with E-state index >= 15 is 0 Å². The predicted octanol–water partition coefficient (Wildman–Crippen LogP) is 0.673. The van der Waals surface area contributed by atoms with Crippen molar-refractivity contribution in [1.82, 2.24) is 19.4 Å². The second-order valence-electron chi connectivity index (χ2n) is 6.19. The van der Waals surface area contributed by atoms with Gasteiger partial charge in [0.1, 0.15) is 10.0 Å². The smallest absolute Gasteiger partial charge is 0.248 e. The molecule has 2 fully saturated rings. The molecule has 3 rings (SSSR count). The van der Waals surface area contributed by atoms with Crippen LogP contribution < -0.4 is 5.32 Å². The maximum atomic E-state index is 12.8. The van der Waals surface area contributed by atoms with Crippen molar-refractivity contribution >= 4 is 27.5 Å². The molecule has 0 saturated carbocycles. The number of nitrogens with zero attached hydrogens (tertiary/aromatic N) is 3. The molecule has 1 spiro atoms. The molecular weight excluding hydrogens is 328 g/mol. The van der Waals surface area contributed by atoms with Crippen LogP contribution in [0.1, 0.15) is 25.0 Å². The monoisotopic (exact) mass is 346 g/mol. The lowest BCUT2D eigenvalue weighted by Gasteiger charge is -2.37. The highest BCUT2D eigenvalue weighted by atomic mass is 35.5. The highest BCUT2D eigenvalue weighted by molar-refractivity contribution is 7.89. The lowest BCUT2D eigenvalue weighted by atomic mass is 9.78. The zero-order valence-corrected chi connectivity index (χ0v) is 14.2. The van der Waals surface area contributed by atoms with Gasteiger partial charge < -0.3 is 5.32 Å². The molecule has 2 aliphatic rings. The third kappa shape index (κ3) is 2.43. The molecule has 0 radical (unpaired) electrons. The number of rotatable bonds is 2. The van der Waals surface area contributed by atoms with Gasteiger partial charge >= 0.3 is 0 Å². The highest BCUT2D eigenvalue weighted by Crippen LogP contribution is 2.39. The summed E-state index contributed by atoms with van der Waals surface area (Å²) in [6, 6.07) is 0. The number of carbonyl (C=O) groups is 1. The van der Waals surface area contributed by atoms with Gasteiger partial charge in [-0.3, -0.25) is 9.48 Å². The van der Waals surface area contributed by atoms with Gasteiger partial charge in [-0.25, -0.2) is 8.42 Å². The Morgan fingerprint density at radius 3 is 2.41 bits per heavy atom. The number of halogens is 1. The minimum absolute atomic E-state index is 0.0578. The molecule has 2 aliphatic heterocycles. The molecule has 9 heteroatoms. The largest absolute Gasteiger partial charge is 0.356 e. The van der Waals surface area contributed by atoms with Crippen molar-refractivity contribution in [2.24, 2.45) is 12.5 Å². The molecule has 2 saturated heterocycles. The molecule has 0 bridgehead atoms.